The summed E-state index contributed by atoms with van der Waals surface area (Å²) >= 11 is 0. The molecule has 1 aromatic heterocycles. The van der Waals surface area contributed by atoms with E-state index in [0.717, 1.165) is 16.5 Å². The first-order chi connectivity index (χ1) is 9.58. The lowest BCUT2D eigenvalue weighted by atomic mass is 10.2. The molecule has 1 amide bonds. The van der Waals surface area contributed by atoms with E-state index in [2.05, 4.69) is 15.5 Å². The average molecular weight is 274 g/mol. The molecule has 0 radical (unpaired) electrons. The van der Waals surface area contributed by atoms with E-state index in [9.17, 15) is 9.59 Å². The maximum Gasteiger partial charge on any atom is 0.321 e. The number of nitrogens with zero attached hydrogens (tertiary/aromatic N) is 1. The van der Waals surface area contributed by atoms with Crippen LogP contribution in [0, 0.1) is 0 Å². The average Bonchev–Trinajstić information content (AvgIpc) is 2.82. The van der Waals surface area contributed by atoms with E-state index >= 15 is 0 Å². The van der Waals surface area contributed by atoms with E-state index in [1.54, 1.807) is 6.20 Å². The largest absolute Gasteiger partial charge is 0.480 e. The second-order valence-corrected chi connectivity index (χ2v) is 4.23. The number of aromatic nitrogens is 1. The van der Waals surface area contributed by atoms with Crippen molar-refractivity contribution in [2.24, 2.45) is 10.8 Å². The minimum Gasteiger partial charge on any atom is -0.480 e. The van der Waals surface area contributed by atoms with Crippen molar-refractivity contribution in [1.82, 2.24) is 10.4 Å². The molecule has 0 aliphatic carbocycles. The quantitative estimate of drug-likeness (QED) is 0.466. The number of nitrogens with one attached hydrogen (secondary N) is 2. The second kappa shape index (κ2) is 5.98. The van der Waals surface area contributed by atoms with Gasteiger partial charge < -0.3 is 15.8 Å². The third kappa shape index (κ3) is 3.21. The number of hydrazone groups is 1. The Labute approximate surface area is 114 Å². The molecule has 1 atom stereocenters. The molecule has 0 fully saturated rings. The van der Waals surface area contributed by atoms with Gasteiger partial charge >= 0.3 is 5.97 Å². The van der Waals surface area contributed by atoms with Gasteiger partial charge in [-0.3, -0.25) is 9.59 Å². The fourth-order valence-electron chi connectivity index (χ4n) is 1.71. The summed E-state index contributed by atoms with van der Waals surface area (Å²) in [5.41, 5.74) is 9.27. The normalized spacial score (nSPS) is 12.7. The number of hydrogen-bond donors (Lipinski definition) is 4. The Morgan fingerprint density at radius 3 is 2.95 bits per heavy atom. The zero-order valence-corrected chi connectivity index (χ0v) is 10.5. The molecule has 0 bridgehead atoms. The highest BCUT2D eigenvalue weighted by atomic mass is 16.4. The first-order valence-corrected chi connectivity index (χ1v) is 5.94. The molecule has 1 unspecified atom stereocenters. The summed E-state index contributed by atoms with van der Waals surface area (Å²) < 4.78 is 0. The number of rotatable bonds is 5. The Balaban J connectivity index is 1.97. The van der Waals surface area contributed by atoms with Gasteiger partial charge in [0, 0.05) is 22.7 Å². The van der Waals surface area contributed by atoms with Gasteiger partial charge in [-0.05, 0) is 6.07 Å². The third-order valence-corrected chi connectivity index (χ3v) is 2.74. The number of H-pyrrole nitrogens is 1. The molecule has 0 saturated heterocycles. The molecule has 5 N–H and O–H groups in total. The first-order valence-electron chi connectivity index (χ1n) is 5.94. The Morgan fingerprint density at radius 1 is 1.45 bits per heavy atom. The number of carboxylic acid groups (broad SMARTS) is 1. The highest BCUT2D eigenvalue weighted by Gasteiger charge is 2.15. The summed E-state index contributed by atoms with van der Waals surface area (Å²) in [5, 5.41) is 13.3. The van der Waals surface area contributed by atoms with Crippen LogP contribution in [0.5, 0.6) is 0 Å². The predicted molar refractivity (Wildman–Crippen MR) is 74.3 cm³/mol. The standard InChI is InChI=1S/C13H14N4O3/c14-10(13(19)20)5-12(18)17-16-7-8-6-15-11-4-2-1-3-9(8)11/h1-4,6-7,10,15H,5,14H2,(H,17,18)(H,19,20). The molecule has 20 heavy (non-hydrogen) atoms. The molecule has 2 rings (SSSR count). The van der Waals surface area contributed by atoms with Crippen LogP contribution in [-0.4, -0.2) is 34.2 Å². The predicted octanol–water partition coefficient (Wildman–Crippen LogP) is 0.420. The number of fused-ring (bicyclic) bond motifs is 1. The van der Waals surface area contributed by atoms with Crippen molar-refractivity contribution in [3.63, 3.8) is 0 Å². The Bertz CT molecular complexity index is 662. The lowest BCUT2D eigenvalue weighted by molar-refractivity contribution is -0.140. The van der Waals surface area contributed by atoms with E-state index in [0.29, 0.717) is 0 Å². The SMILES string of the molecule is NC(CC(=O)NN=Cc1c[nH]c2ccccc12)C(=O)O. The first kappa shape index (κ1) is 13.8. The number of carbonyl (C=O) groups is 2. The van der Waals surface area contributed by atoms with Crippen LogP contribution in [0.25, 0.3) is 10.9 Å². The van der Waals surface area contributed by atoms with Gasteiger partial charge in [0.2, 0.25) is 5.91 Å². The molecule has 0 aliphatic heterocycles. The van der Waals surface area contributed by atoms with Crippen LogP contribution >= 0.6 is 0 Å². The van der Waals surface area contributed by atoms with Crippen molar-refractivity contribution in [2.45, 2.75) is 12.5 Å². The number of nitrogens with two attached hydrogens (primary N) is 1. The number of carboxylic acids is 1. The Morgan fingerprint density at radius 2 is 2.20 bits per heavy atom. The van der Waals surface area contributed by atoms with Crippen LogP contribution < -0.4 is 11.2 Å². The summed E-state index contributed by atoms with van der Waals surface area (Å²) in [5.74, 6) is -1.77. The minimum absolute atomic E-state index is 0.319. The monoisotopic (exact) mass is 274 g/mol. The van der Waals surface area contributed by atoms with Gasteiger partial charge in [-0.1, -0.05) is 18.2 Å². The molecule has 1 aromatic carbocycles. The number of amides is 1. The van der Waals surface area contributed by atoms with E-state index < -0.39 is 17.9 Å². The summed E-state index contributed by atoms with van der Waals surface area (Å²) in [7, 11) is 0. The summed E-state index contributed by atoms with van der Waals surface area (Å²) in [6.45, 7) is 0. The van der Waals surface area contributed by atoms with Crippen LogP contribution in [0.3, 0.4) is 0 Å². The molecular formula is C13H14N4O3. The van der Waals surface area contributed by atoms with Crippen LogP contribution in [0.15, 0.2) is 35.6 Å². The molecule has 2 aromatic rings. The van der Waals surface area contributed by atoms with Gasteiger partial charge in [0.05, 0.1) is 12.6 Å². The van der Waals surface area contributed by atoms with Gasteiger partial charge in [0.1, 0.15) is 6.04 Å². The summed E-state index contributed by atoms with van der Waals surface area (Å²) in [6, 6.07) is 6.44. The van der Waals surface area contributed by atoms with Crippen LogP contribution in [-0.2, 0) is 9.59 Å². The van der Waals surface area contributed by atoms with Crippen molar-refractivity contribution in [1.29, 1.82) is 0 Å². The third-order valence-electron chi connectivity index (χ3n) is 2.74. The van der Waals surface area contributed by atoms with Crippen molar-refractivity contribution < 1.29 is 14.7 Å². The number of carbonyl (C=O) groups excluding carboxylic acids is 1. The zero-order chi connectivity index (χ0) is 14.5. The fourth-order valence-corrected chi connectivity index (χ4v) is 1.71. The van der Waals surface area contributed by atoms with Crippen molar-refractivity contribution in [2.75, 3.05) is 0 Å². The van der Waals surface area contributed by atoms with E-state index in [1.165, 1.54) is 6.21 Å². The molecule has 0 spiro atoms. The van der Waals surface area contributed by atoms with Gasteiger partial charge in [0.25, 0.3) is 0 Å². The van der Waals surface area contributed by atoms with Gasteiger partial charge in [-0.2, -0.15) is 5.10 Å². The van der Waals surface area contributed by atoms with E-state index in [4.69, 9.17) is 10.8 Å². The molecule has 104 valence electrons. The fraction of sp³-hybridized carbons (Fsp3) is 0.154. The van der Waals surface area contributed by atoms with E-state index in [-0.39, 0.29) is 6.42 Å². The topological polar surface area (TPSA) is 121 Å². The van der Waals surface area contributed by atoms with Gasteiger partial charge in [0.15, 0.2) is 0 Å². The lowest BCUT2D eigenvalue weighted by Gasteiger charge is -2.03. The number of hydrogen-bond acceptors (Lipinski definition) is 4. The molecule has 7 heteroatoms. The number of aliphatic carboxylic acids is 1. The maximum absolute atomic E-state index is 11.4. The minimum atomic E-state index is -1.22. The highest BCUT2D eigenvalue weighted by Crippen LogP contribution is 2.15. The molecule has 1 heterocycles. The van der Waals surface area contributed by atoms with Crippen molar-refractivity contribution >= 4 is 29.0 Å². The maximum atomic E-state index is 11.4. The molecule has 7 nitrogen and oxygen atoms in total. The zero-order valence-electron chi connectivity index (χ0n) is 10.5. The smallest absolute Gasteiger partial charge is 0.321 e. The van der Waals surface area contributed by atoms with Crippen molar-refractivity contribution in [3.05, 3.63) is 36.0 Å². The van der Waals surface area contributed by atoms with E-state index in [1.807, 2.05) is 24.3 Å². The number of aromatic amines is 1. The van der Waals surface area contributed by atoms with Crippen LogP contribution in [0.2, 0.25) is 0 Å². The number of benzene rings is 1. The summed E-state index contributed by atoms with van der Waals surface area (Å²) in [6.07, 6.45) is 2.94. The molecule has 0 aliphatic rings. The highest BCUT2D eigenvalue weighted by molar-refractivity contribution is 5.99. The van der Waals surface area contributed by atoms with Crippen LogP contribution in [0.4, 0.5) is 0 Å². The van der Waals surface area contributed by atoms with Crippen molar-refractivity contribution in [3.8, 4) is 0 Å². The summed E-state index contributed by atoms with van der Waals surface area (Å²) in [4.78, 5) is 24.9. The molecule has 0 saturated carbocycles. The van der Waals surface area contributed by atoms with Gasteiger partial charge in [-0.25, -0.2) is 5.43 Å². The Kier molecular flexibility index (Phi) is 4.11. The Hall–Kier alpha value is -2.67. The second-order valence-electron chi connectivity index (χ2n) is 4.23. The van der Waals surface area contributed by atoms with Crippen LogP contribution in [0.1, 0.15) is 12.0 Å². The van der Waals surface area contributed by atoms with Gasteiger partial charge in [-0.15, -0.1) is 0 Å². The lowest BCUT2D eigenvalue weighted by Crippen LogP contribution is -2.35. The molecular weight excluding hydrogens is 260 g/mol. The number of para-hydroxylation sites is 1.